The van der Waals surface area contributed by atoms with E-state index in [9.17, 15) is 4.79 Å². The number of piperidine rings is 1. The van der Waals surface area contributed by atoms with Crippen LogP contribution in [0.4, 0.5) is 0 Å². The van der Waals surface area contributed by atoms with Crippen molar-refractivity contribution in [3.05, 3.63) is 6.61 Å². The number of rotatable bonds is 4. The monoisotopic (exact) mass is 185 g/mol. The normalized spacial score (nSPS) is 24.5. The van der Waals surface area contributed by atoms with Gasteiger partial charge < -0.3 is 15.7 Å². The number of nitrogens with zero attached hydrogens (tertiary/aromatic N) is 1. The van der Waals surface area contributed by atoms with Crippen molar-refractivity contribution < 1.29 is 9.90 Å². The summed E-state index contributed by atoms with van der Waals surface area (Å²) in [5.41, 5.74) is 5.24. The Balaban J connectivity index is 2.29. The van der Waals surface area contributed by atoms with Gasteiger partial charge in [0.25, 0.3) is 0 Å². The first-order valence-corrected chi connectivity index (χ1v) is 4.71. The maximum absolute atomic E-state index is 10.9. The molecule has 1 saturated heterocycles. The summed E-state index contributed by atoms with van der Waals surface area (Å²) in [7, 11) is 0. The fourth-order valence-electron chi connectivity index (χ4n) is 1.73. The van der Waals surface area contributed by atoms with Crippen LogP contribution in [0.3, 0.4) is 0 Å². The molecule has 1 aliphatic rings. The molecule has 1 radical (unpaired) electrons. The van der Waals surface area contributed by atoms with E-state index in [2.05, 4.69) is 4.90 Å². The molecule has 1 amide bonds. The second-order valence-electron chi connectivity index (χ2n) is 3.51. The van der Waals surface area contributed by atoms with Gasteiger partial charge in [0.2, 0.25) is 5.91 Å². The molecule has 1 rings (SSSR count). The average molecular weight is 185 g/mol. The molecule has 1 atom stereocenters. The molecule has 4 nitrogen and oxygen atoms in total. The number of carbonyl (C=O) groups excluding carboxylic acids is 1. The molecule has 13 heavy (non-hydrogen) atoms. The SMILES string of the molecule is NC(=O)[C@@H]1CCCN(CC[CH]O)C1. The number of primary amides is 1. The molecule has 0 unspecified atom stereocenters. The molecule has 1 heterocycles. The number of carbonyl (C=O) groups is 1. The van der Waals surface area contributed by atoms with Crippen LogP contribution in [0.5, 0.6) is 0 Å². The van der Waals surface area contributed by atoms with Crippen molar-refractivity contribution >= 4 is 5.91 Å². The van der Waals surface area contributed by atoms with Gasteiger partial charge in [-0.25, -0.2) is 0 Å². The van der Waals surface area contributed by atoms with Gasteiger partial charge in [-0.1, -0.05) is 0 Å². The van der Waals surface area contributed by atoms with Crippen LogP contribution in [-0.4, -0.2) is 35.5 Å². The third-order valence-electron chi connectivity index (χ3n) is 2.48. The van der Waals surface area contributed by atoms with E-state index in [0.717, 1.165) is 39.1 Å². The van der Waals surface area contributed by atoms with E-state index in [1.165, 1.54) is 0 Å². The third kappa shape index (κ3) is 3.32. The first kappa shape index (κ1) is 10.5. The molecule has 1 aliphatic heterocycles. The molecule has 0 aliphatic carbocycles. The lowest BCUT2D eigenvalue weighted by molar-refractivity contribution is -0.123. The Bertz CT molecular complexity index is 173. The Hall–Kier alpha value is -0.610. The number of aliphatic hydroxyl groups excluding tert-OH is 1. The Morgan fingerprint density at radius 3 is 3.08 bits per heavy atom. The van der Waals surface area contributed by atoms with Crippen molar-refractivity contribution in [2.45, 2.75) is 19.3 Å². The van der Waals surface area contributed by atoms with Crippen LogP contribution >= 0.6 is 0 Å². The number of hydrogen-bond donors (Lipinski definition) is 2. The van der Waals surface area contributed by atoms with E-state index in [4.69, 9.17) is 10.8 Å². The fourth-order valence-corrected chi connectivity index (χ4v) is 1.73. The highest BCUT2D eigenvalue weighted by atomic mass is 16.3. The topological polar surface area (TPSA) is 66.6 Å². The van der Waals surface area contributed by atoms with Crippen molar-refractivity contribution in [2.75, 3.05) is 19.6 Å². The maximum Gasteiger partial charge on any atom is 0.221 e. The van der Waals surface area contributed by atoms with E-state index < -0.39 is 0 Å². The van der Waals surface area contributed by atoms with Gasteiger partial charge >= 0.3 is 0 Å². The number of hydrogen-bond acceptors (Lipinski definition) is 3. The van der Waals surface area contributed by atoms with Gasteiger partial charge in [0.1, 0.15) is 0 Å². The zero-order valence-corrected chi connectivity index (χ0v) is 7.78. The van der Waals surface area contributed by atoms with E-state index in [1.54, 1.807) is 0 Å². The van der Waals surface area contributed by atoms with Gasteiger partial charge in [0.15, 0.2) is 0 Å². The fraction of sp³-hybridized carbons (Fsp3) is 0.778. The summed E-state index contributed by atoms with van der Waals surface area (Å²) >= 11 is 0. The molecule has 75 valence electrons. The van der Waals surface area contributed by atoms with Gasteiger partial charge in [-0.05, 0) is 25.8 Å². The molecule has 4 heteroatoms. The van der Waals surface area contributed by atoms with Crippen LogP contribution < -0.4 is 5.73 Å². The lowest BCUT2D eigenvalue weighted by atomic mass is 9.97. The summed E-state index contributed by atoms with van der Waals surface area (Å²) in [6, 6.07) is 0. The van der Waals surface area contributed by atoms with Crippen LogP contribution in [0.25, 0.3) is 0 Å². The quantitative estimate of drug-likeness (QED) is 0.653. The zero-order valence-electron chi connectivity index (χ0n) is 7.78. The number of amides is 1. The minimum Gasteiger partial charge on any atom is -0.390 e. The molecule has 1 fully saturated rings. The van der Waals surface area contributed by atoms with E-state index in [0.29, 0.717) is 6.42 Å². The Morgan fingerprint density at radius 2 is 2.46 bits per heavy atom. The van der Waals surface area contributed by atoms with E-state index in [1.807, 2.05) is 0 Å². The minimum atomic E-state index is -0.197. The summed E-state index contributed by atoms with van der Waals surface area (Å²) in [5.74, 6) is -0.190. The lowest BCUT2D eigenvalue weighted by Gasteiger charge is -2.30. The van der Waals surface area contributed by atoms with Crippen molar-refractivity contribution in [3.63, 3.8) is 0 Å². The molecular weight excluding hydrogens is 168 g/mol. The van der Waals surface area contributed by atoms with Crippen molar-refractivity contribution in [1.82, 2.24) is 4.90 Å². The maximum atomic E-state index is 10.9. The molecule has 0 aromatic heterocycles. The van der Waals surface area contributed by atoms with Crippen LogP contribution in [0, 0.1) is 12.5 Å². The number of aliphatic hydroxyl groups is 1. The molecule has 0 bridgehead atoms. The van der Waals surface area contributed by atoms with Crippen LogP contribution in [0.15, 0.2) is 0 Å². The second-order valence-corrected chi connectivity index (χ2v) is 3.51. The van der Waals surface area contributed by atoms with E-state index in [-0.39, 0.29) is 11.8 Å². The predicted molar refractivity (Wildman–Crippen MR) is 49.2 cm³/mol. The highest BCUT2D eigenvalue weighted by Crippen LogP contribution is 2.15. The Kier molecular flexibility index (Phi) is 4.18. The molecular formula is C9H17N2O2. The average Bonchev–Trinajstić information content (AvgIpc) is 2.15. The summed E-state index contributed by atoms with van der Waals surface area (Å²) in [6.45, 7) is 3.74. The summed E-state index contributed by atoms with van der Waals surface area (Å²) in [5, 5.41) is 8.53. The van der Waals surface area contributed by atoms with Gasteiger partial charge in [-0.15, -0.1) is 0 Å². The summed E-state index contributed by atoms with van der Waals surface area (Å²) < 4.78 is 0. The van der Waals surface area contributed by atoms with E-state index >= 15 is 0 Å². The molecule has 0 aromatic carbocycles. The Labute approximate surface area is 78.7 Å². The third-order valence-corrected chi connectivity index (χ3v) is 2.48. The van der Waals surface area contributed by atoms with Crippen LogP contribution in [-0.2, 0) is 4.79 Å². The van der Waals surface area contributed by atoms with Crippen molar-refractivity contribution in [2.24, 2.45) is 11.7 Å². The molecule has 0 saturated carbocycles. The van der Waals surface area contributed by atoms with Gasteiger partial charge in [-0.2, -0.15) is 0 Å². The largest absolute Gasteiger partial charge is 0.390 e. The first-order valence-electron chi connectivity index (χ1n) is 4.71. The standard InChI is InChI=1S/C9H17N2O2/c10-9(13)8-3-1-4-11(7-8)5-2-6-12/h6,8,12H,1-5,7H2,(H2,10,13)/t8-/m1/s1. The van der Waals surface area contributed by atoms with Gasteiger partial charge in [-0.3, -0.25) is 4.79 Å². The minimum absolute atomic E-state index is 0.00689. The Morgan fingerprint density at radius 1 is 1.69 bits per heavy atom. The number of nitrogens with two attached hydrogens (primary N) is 1. The highest BCUT2D eigenvalue weighted by Gasteiger charge is 2.23. The lowest BCUT2D eigenvalue weighted by Crippen LogP contribution is -2.41. The smallest absolute Gasteiger partial charge is 0.221 e. The highest BCUT2D eigenvalue weighted by molar-refractivity contribution is 5.76. The zero-order chi connectivity index (χ0) is 9.68. The van der Waals surface area contributed by atoms with Crippen molar-refractivity contribution in [1.29, 1.82) is 0 Å². The second kappa shape index (κ2) is 5.19. The van der Waals surface area contributed by atoms with Crippen molar-refractivity contribution in [3.8, 4) is 0 Å². The van der Waals surface area contributed by atoms with Crippen LogP contribution in [0.2, 0.25) is 0 Å². The summed E-state index contributed by atoms with van der Waals surface area (Å²) in [4.78, 5) is 13.1. The molecule has 0 spiro atoms. The van der Waals surface area contributed by atoms with Gasteiger partial charge in [0, 0.05) is 13.1 Å². The molecule has 3 N–H and O–H groups in total. The predicted octanol–water partition coefficient (Wildman–Crippen LogP) is 0.108. The number of likely N-dealkylation sites (tertiary alicyclic amines) is 1. The first-order chi connectivity index (χ1) is 6.24. The summed E-state index contributed by atoms with van der Waals surface area (Å²) in [6.07, 6.45) is 2.60. The van der Waals surface area contributed by atoms with Gasteiger partial charge in [0.05, 0.1) is 12.5 Å². The molecule has 0 aromatic rings. The van der Waals surface area contributed by atoms with Crippen LogP contribution in [0.1, 0.15) is 19.3 Å².